The Bertz CT molecular complexity index is 1170. The summed E-state index contributed by atoms with van der Waals surface area (Å²) in [5.41, 5.74) is 2.64. The maximum Gasteiger partial charge on any atom is 0.363 e. The summed E-state index contributed by atoms with van der Waals surface area (Å²) in [4.78, 5) is 16.5. The lowest BCUT2D eigenvalue weighted by Gasteiger charge is -2.07. The van der Waals surface area contributed by atoms with Crippen molar-refractivity contribution in [1.29, 1.82) is 0 Å². The van der Waals surface area contributed by atoms with E-state index in [0.29, 0.717) is 33.7 Å². The van der Waals surface area contributed by atoms with E-state index in [1.807, 2.05) is 30.3 Å². The van der Waals surface area contributed by atoms with Crippen LogP contribution in [-0.2, 0) is 16.1 Å². The first-order chi connectivity index (χ1) is 15.0. The molecule has 1 heterocycles. The van der Waals surface area contributed by atoms with Gasteiger partial charge in [0, 0.05) is 5.56 Å². The molecule has 0 fully saturated rings. The van der Waals surface area contributed by atoms with Gasteiger partial charge in [-0.2, -0.15) is 0 Å². The van der Waals surface area contributed by atoms with Crippen molar-refractivity contribution >= 4 is 41.1 Å². The van der Waals surface area contributed by atoms with Crippen molar-refractivity contribution in [1.82, 2.24) is 0 Å². The summed E-state index contributed by atoms with van der Waals surface area (Å²) in [6.45, 7) is 0.360. The number of rotatable bonds is 6. The Morgan fingerprint density at radius 2 is 1.65 bits per heavy atom. The molecule has 0 saturated carbocycles. The molecule has 0 bridgehead atoms. The van der Waals surface area contributed by atoms with E-state index in [2.05, 4.69) is 4.99 Å². The lowest BCUT2D eigenvalue weighted by Crippen LogP contribution is -2.05. The SMILES string of the molecule is COc1ccc(C2=N/C(=C/c3ccc(OCc4ccc(Cl)c(Cl)c4)cc3)C(=O)O2)cc1. The van der Waals surface area contributed by atoms with Crippen molar-refractivity contribution < 1.29 is 19.0 Å². The van der Waals surface area contributed by atoms with Crippen LogP contribution in [0.5, 0.6) is 11.5 Å². The molecule has 5 nitrogen and oxygen atoms in total. The number of carbonyl (C=O) groups is 1. The summed E-state index contributed by atoms with van der Waals surface area (Å²) in [7, 11) is 1.59. The second-order valence-electron chi connectivity index (χ2n) is 6.67. The zero-order chi connectivity index (χ0) is 21.8. The summed E-state index contributed by atoms with van der Waals surface area (Å²) in [5, 5.41) is 0.994. The van der Waals surface area contributed by atoms with Crippen LogP contribution in [-0.4, -0.2) is 19.0 Å². The van der Waals surface area contributed by atoms with Gasteiger partial charge in [0.1, 0.15) is 18.1 Å². The first-order valence-electron chi connectivity index (χ1n) is 9.35. The average molecular weight is 454 g/mol. The van der Waals surface area contributed by atoms with Crippen molar-refractivity contribution in [2.45, 2.75) is 6.61 Å². The highest BCUT2D eigenvalue weighted by molar-refractivity contribution is 6.42. The van der Waals surface area contributed by atoms with Crippen LogP contribution < -0.4 is 9.47 Å². The number of carbonyl (C=O) groups excluding carboxylic acids is 1. The van der Waals surface area contributed by atoms with Crippen LogP contribution >= 0.6 is 23.2 Å². The molecule has 0 aromatic heterocycles. The predicted octanol–water partition coefficient (Wildman–Crippen LogP) is 5.93. The highest BCUT2D eigenvalue weighted by atomic mass is 35.5. The minimum Gasteiger partial charge on any atom is -0.497 e. The maximum atomic E-state index is 12.2. The first-order valence-corrected chi connectivity index (χ1v) is 10.1. The summed E-state index contributed by atoms with van der Waals surface area (Å²) in [5.74, 6) is 1.17. The van der Waals surface area contributed by atoms with Gasteiger partial charge in [0.05, 0.1) is 17.2 Å². The number of cyclic esters (lactones) is 1. The highest BCUT2D eigenvalue weighted by Gasteiger charge is 2.24. The molecular formula is C24H17Cl2NO4. The molecule has 0 spiro atoms. The van der Waals surface area contributed by atoms with Crippen molar-refractivity contribution in [3.8, 4) is 11.5 Å². The third-order valence-corrected chi connectivity index (χ3v) is 5.27. The third kappa shape index (κ3) is 5.08. The molecule has 0 saturated heterocycles. The molecule has 0 N–H and O–H groups in total. The molecule has 0 aliphatic carbocycles. The van der Waals surface area contributed by atoms with E-state index in [9.17, 15) is 4.79 Å². The minimum absolute atomic E-state index is 0.232. The molecule has 31 heavy (non-hydrogen) atoms. The number of ether oxygens (including phenoxy) is 3. The molecule has 156 valence electrons. The van der Waals surface area contributed by atoms with Crippen LogP contribution in [0, 0.1) is 0 Å². The third-order valence-electron chi connectivity index (χ3n) is 4.53. The molecular weight excluding hydrogens is 437 g/mol. The van der Waals surface area contributed by atoms with Gasteiger partial charge in [0.25, 0.3) is 0 Å². The largest absolute Gasteiger partial charge is 0.497 e. The van der Waals surface area contributed by atoms with Crippen molar-refractivity contribution in [2.24, 2.45) is 4.99 Å². The Hall–Kier alpha value is -3.28. The maximum absolute atomic E-state index is 12.2. The van der Waals surface area contributed by atoms with Crippen molar-refractivity contribution in [3.63, 3.8) is 0 Å². The number of hydrogen-bond donors (Lipinski definition) is 0. The van der Waals surface area contributed by atoms with Gasteiger partial charge in [-0.05, 0) is 65.7 Å². The second kappa shape index (κ2) is 9.25. The first kappa shape index (κ1) is 21.0. The van der Waals surface area contributed by atoms with Gasteiger partial charge in [-0.25, -0.2) is 9.79 Å². The highest BCUT2D eigenvalue weighted by Crippen LogP contribution is 2.24. The van der Waals surface area contributed by atoms with E-state index < -0.39 is 5.97 Å². The van der Waals surface area contributed by atoms with E-state index in [1.165, 1.54) is 0 Å². The van der Waals surface area contributed by atoms with E-state index in [4.69, 9.17) is 37.4 Å². The molecule has 0 unspecified atom stereocenters. The number of nitrogens with zero attached hydrogens (tertiary/aromatic N) is 1. The second-order valence-corrected chi connectivity index (χ2v) is 7.49. The van der Waals surface area contributed by atoms with Crippen LogP contribution in [0.4, 0.5) is 0 Å². The summed E-state index contributed by atoms with van der Waals surface area (Å²) in [6.07, 6.45) is 1.67. The molecule has 1 aliphatic rings. The Balaban J connectivity index is 1.43. The average Bonchev–Trinajstić information content (AvgIpc) is 3.15. The predicted molar refractivity (Wildman–Crippen MR) is 121 cm³/mol. The van der Waals surface area contributed by atoms with Crippen LogP contribution in [0.2, 0.25) is 10.0 Å². The number of esters is 1. The Labute approximate surface area is 189 Å². The lowest BCUT2D eigenvalue weighted by atomic mass is 10.2. The molecule has 0 amide bonds. The molecule has 0 radical (unpaired) electrons. The van der Waals surface area contributed by atoms with Gasteiger partial charge >= 0.3 is 5.97 Å². The summed E-state index contributed by atoms with van der Waals surface area (Å²) in [6, 6.07) is 19.8. The molecule has 3 aromatic carbocycles. The summed E-state index contributed by atoms with van der Waals surface area (Å²) < 4.78 is 16.2. The van der Waals surface area contributed by atoms with Crippen molar-refractivity contribution in [2.75, 3.05) is 7.11 Å². The fourth-order valence-electron chi connectivity index (χ4n) is 2.88. The molecule has 7 heteroatoms. The van der Waals surface area contributed by atoms with Crippen molar-refractivity contribution in [3.05, 3.63) is 99.2 Å². The smallest absolute Gasteiger partial charge is 0.363 e. The molecule has 4 rings (SSSR count). The van der Waals surface area contributed by atoms with Crippen LogP contribution in [0.15, 0.2) is 77.4 Å². The molecule has 1 aliphatic heterocycles. The Morgan fingerprint density at radius 1 is 0.935 bits per heavy atom. The fraction of sp³-hybridized carbons (Fsp3) is 0.0833. The summed E-state index contributed by atoms with van der Waals surface area (Å²) >= 11 is 12.0. The van der Waals surface area contributed by atoms with E-state index in [1.54, 1.807) is 49.6 Å². The van der Waals surface area contributed by atoms with E-state index in [-0.39, 0.29) is 11.6 Å². The standard InChI is InChI=1S/C24H17Cl2NO4/c1-29-18-9-5-17(6-10-18)23-27-22(24(28)31-23)13-15-2-7-19(8-3-15)30-14-16-4-11-20(25)21(26)12-16/h2-13H,14H2,1H3/b22-13+. The van der Waals surface area contributed by atoms with Gasteiger partial charge in [-0.3, -0.25) is 0 Å². The van der Waals surface area contributed by atoms with Gasteiger partial charge < -0.3 is 14.2 Å². The van der Waals surface area contributed by atoms with Crippen LogP contribution in [0.1, 0.15) is 16.7 Å². The number of halogens is 2. The van der Waals surface area contributed by atoms with Gasteiger partial charge in [-0.1, -0.05) is 41.4 Å². The Morgan fingerprint density at radius 3 is 2.32 bits per heavy atom. The van der Waals surface area contributed by atoms with Crippen LogP contribution in [0.3, 0.4) is 0 Å². The Kier molecular flexibility index (Phi) is 6.26. The monoisotopic (exact) mass is 453 g/mol. The number of aliphatic imine (C=N–C) groups is 1. The number of hydrogen-bond acceptors (Lipinski definition) is 5. The quantitative estimate of drug-likeness (QED) is 0.343. The zero-order valence-corrected chi connectivity index (χ0v) is 18.0. The zero-order valence-electron chi connectivity index (χ0n) is 16.5. The number of methoxy groups -OCH3 is 1. The van der Waals surface area contributed by atoms with E-state index in [0.717, 1.165) is 11.1 Å². The normalized spacial score (nSPS) is 14.4. The van der Waals surface area contributed by atoms with E-state index >= 15 is 0 Å². The topological polar surface area (TPSA) is 57.1 Å². The fourth-order valence-corrected chi connectivity index (χ4v) is 3.20. The van der Waals surface area contributed by atoms with Gasteiger partial charge in [0.2, 0.25) is 5.90 Å². The van der Waals surface area contributed by atoms with Gasteiger partial charge in [0.15, 0.2) is 5.70 Å². The number of benzene rings is 3. The minimum atomic E-state index is -0.495. The molecule has 3 aromatic rings. The van der Waals surface area contributed by atoms with Crippen LogP contribution in [0.25, 0.3) is 6.08 Å². The lowest BCUT2D eigenvalue weighted by molar-refractivity contribution is -0.129. The molecule has 0 atom stereocenters. The van der Waals surface area contributed by atoms with Gasteiger partial charge in [-0.15, -0.1) is 0 Å².